The zero-order valence-corrected chi connectivity index (χ0v) is 47.2. The molecule has 0 aliphatic heterocycles. The summed E-state index contributed by atoms with van der Waals surface area (Å²) in [6.45, 7) is 0.112. The SMILES string of the molecule is Cn1cc(NC(=O)c2c(O)c(NC(=O)c3cc(NC(=O)c4nc(NC(=O)C(N)CCNC(=O)c5cc(NC(=O)c6c(O)c(NC(=O)c7cc(NC(=O)c8nccn8C)cn7C)cn6C)cn5C)cn4C)cn3C)cn2C)cc1C(=O)NCCCO. The molecule has 0 bridgehead atoms. The predicted octanol–water partition coefficient (Wildman–Crippen LogP) is 1.31. The van der Waals surface area contributed by atoms with Gasteiger partial charge in [-0.3, -0.25) is 43.2 Å². The molecule has 0 radical (unpaired) electrons. The van der Waals surface area contributed by atoms with E-state index in [2.05, 4.69) is 57.8 Å². The number of carbonyl (C=O) groups is 9. The molecule has 0 spiro atoms. The maximum Gasteiger partial charge on any atom is 0.291 e. The molecule has 0 saturated carbocycles. The normalized spacial score (nSPS) is 11.4. The van der Waals surface area contributed by atoms with Crippen LogP contribution in [0.15, 0.2) is 80.0 Å². The van der Waals surface area contributed by atoms with Gasteiger partial charge in [-0.15, -0.1) is 0 Å². The van der Waals surface area contributed by atoms with Crippen molar-refractivity contribution in [2.24, 2.45) is 62.1 Å². The van der Waals surface area contributed by atoms with Crippen molar-refractivity contribution in [3.63, 3.8) is 0 Å². The number of hydrogen-bond donors (Lipinski definition) is 13. The first-order chi connectivity index (χ1) is 40.3. The number of hydrogen-bond acceptors (Lipinski definition) is 15. The first kappa shape index (κ1) is 60.0. The monoisotopic (exact) mass is 1170 g/mol. The van der Waals surface area contributed by atoms with Crippen LogP contribution in [-0.2, 0) is 61.2 Å². The Morgan fingerprint density at radius 3 is 1.31 bits per heavy atom. The van der Waals surface area contributed by atoms with Gasteiger partial charge in [-0.25, -0.2) is 9.97 Å². The lowest BCUT2D eigenvalue weighted by atomic mass is 10.2. The van der Waals surface area contributed by atoms with E-state index in [-0.39, 0.29) is 106 Å². The summed E-state index contributed by atoms with van der Waals surface area (Å²) in [6, 6.07) is 4.49. The van der Waals surface area contributed by atoms with Gasteiger partial charge in [0.05, 0.1) is 28.8 Å². The highest BCUT2D eigenvalue weighted by atomic mass is 16.3. The standard InChI is InChI=1S/C53H62N20O12/c1-66-14-13-55-43(66)52(84)60-29-18-36(69(4)22-29)48(80)62-32-24-72(7)40(41(32)75)51(83)59-28-17-35(68(3)21-28)47(79)57-12-10-31(54)45(77)65-38-26-73(8)44(64-38)53(85)61-30-19-37(70(5)23-30)49(81)63-33-25-71(6)39(42(33)76)50(82)58-27-16-34(67(2)20-27)46(78)56-11-9-15-74/h13-14,16-26,31,74-76H,9-12,15,54H2,1-8H3,(H,56,78)(H,57,79)(H,58,82)(H,59,83)(H,60,84)(H,61,85)(H,62,80)(H,63,81)(H,65,77). The highest BCUT2D eigenvalue weighted by molar-refractivity contribution is 6.12. The van der Waals surface area contributed by atoms with Crippen molar-refractivity contribution in [2.75, 3.05) is 56.9 Å². The van der Waals surface area contributed by atoms with Gasteiger partial charge < -0.3 is 105 Å². The lowest BCUT2D eigenvalue weighted by Gasteiger charge is -2.12. The number of rotatable bonds is 22. The maximum absolute atomic E-state index is 13.5. The number of aromatic hydroxyl groups is 2. The fourth-order valence-corrected chi connectivity index (χ4v) is 8.98. The van der Waals surface area contributed by atoms with Crippen LogP contribution in [0.3, 0.4) is 0 Å². The van der Waals surface area contributed by atoms with Crippen LogP contribution in [0.4, 0.5) is 39.9 Å². The number of nitrogens with zero attached hydrogens (tertiary/aromatic N) is 10. The number of aromatic nitrogens is 10. The van der Waals surface area contributed by atoms with Crippen LogP contribution in [0, 0.1) is 0 Å². The fraction of sp³-hybridized carbons (Fsp3) is 0.264. The Morgan fingerprint density at radius 1 is 0.471 bits per heavy atom. The van der Waals surface area contributed by atoms with E-state index in [1.165, 1.54) is 132 Å². The molecule has 8 aromatic rings. The smallest absolute Gasteiger partial charge is 0.291 e. The number of imidazole rings is 2. The van der Waals surface area contributed by atoms with Crippen LogP contribution in [0.1, 0.15) is 97.0 Å². The van der Waals surface area contributed by atoms with E-state index in [4.69, 9.17) is 10.8 Å². The molecular formula is C53H62N20O12. The second-order valence-corrected chi connectivity index (χ2v) is 19.7. The van der Waals surface area contributed by atoms with Crippen molar-refractivity contribution in [2.45, 2.75) is 18.9 Å². The second-order valence-electron chi connectivity index (χ2n) is 19.7. The van der Waals surface area contributed by atoms with Gasteiger partial charge >= 0.3 is 0 Å². The van der Waals surface area contributed by atoms with Crippen molar-refractivity contribution >= 4 is 93.1 Å². The van der Waals surface area contributed by atoms with E-state index in [1.54, 1.807) is 41.4 Å². The molecule has 8 rings (SSSR count). The Morgan fingerprint density at radius 2 is 0.882 bits per heavy atom. The Hall–Kier alpha value is -11.2. The van der Waals surface area contributed by atoms with Gasteiger partial charge in [0, 0.05) is 132 Å². The van der Waals surface area contributed by atoms with E-state index in [1.807, 2.05) is 0 Å². The first-order valence-corrected chi connectivity index (χ1v) is 25.9. The molecule has 0 fully saturated rings. The Kier molecular flexibility index (Phi) is 17.6. The molecule has 0 aromatic carbocycles. The summed E-state index contributed by atoms with van der Waals surface area (Å²) < 4.78 is 11.3. The second kappa shape index (κ2) is 24.9. The minimum Gasteiger partial charge on any atom is -0.504 e. The molecule has 0 aliphatic rings. The third kappa shape index (κ3) is 13.3. The minimum atomic E-state index is -1.14. The van der Waals surface area contributed by atoms with Crippen LogP contribution in [-0.4, -0.2) is 141 Å². The van der Waals surface area contributed by atoms with E-state index >= 15 is 0 Å². The predicted molar refractivity (Wildman–Crippen MR) is 308 cm³/mol. The summed E-state index contributed by atoms with van der Waals surface area (Å²) >= 11 is 0. The highest BCUT2D eigenvalue weighted by Gasteiger charge is 2.28. The maximum atomic E-state index is 13.5. The Balaban J connectivity index is 0.790. The Labute approximate surface area is 482 Å². The molecule has 32 nitrogen and oxygen atoms in total. The topological polar surface area (TPSA) is 414 Å². The van der Waals surface area contributed by atoms with Crippen LogP contribution < -0.4 is 53.6 Å². The third-order valence-corrected chi connectivity index (χ3v) is 13.3. The number of aliphatic hydroxyl groups is 1. The lowest BCUT2D eigenvalue weighted by Crippen LogP contribution is -2.39. The molecule has 446 valence electrons. The molecule has 1 unspecified atom stereocenters. The van der Waals surface area contributed by atoms with Crippen LogP contribution in [0.5, 0.6) is 11.5 Å². The summed E-state index contributed by atoms with van der Waals surface area (Å²) in [5, 5.41) is 54.8. The molecule has 14 N–H and O–H groups in total. The summed E-state index contributed by atoms with van der Waals surface area (Å²) in [4.78, 5) is 127. The Bertz CT molecular complexity index is 3950. The molecule has 0 aliphatic carbocycles. The van der Waals surface area contributed by atoms with Crippen molar-refractivity contribution in [1.29, 1.82) is 0 Å². The van der Waals surface area contributed by atoms with E-state index in [0.717, 1.165) is 0 Å². The van der Waals surface area contributed by atoms with Crippen molar-refractivity contribution in [3.05, 3.63) is 126 Å². The number of aliphatic hydroxyl groups excluding tert-OH is 1. The van der Waals surface area contributed by atoms with Gasteiger partial charge in [0.15, 0.2) is 34.5 Å². The minimum absolute atomic E-state index is 0.0122. The van der Waals surface area contributed by atoms with Gasteiger partial charge in [-0.1, -0.05) is 0 Å². The summed E-state index contributed by atoms with van der Waals surface area (Å²) in [5.41, 5.74) is 7.09. The summed E-state index contributed by atoms with van der Waals surface area (Å²) in [5.74, 6) is -6.75. The van der Waals surface area contributed by atoms with Crippen molar-refractivity contribution in [3.8, 4) is 11.5 Å². The molecule has 85 heavy (non-hydrogen) atoms. The van der Waals surface area contributed by atoms with Gasteiger partial charge in [-0.05, 0) is 37.1 Å². The number of nitrogens with one attached hydrogen (secondary N) is 9. The lowest BCUT2D eigenvalue weighted by molar-refractivity contribution is -0.117. The van der Waals surface area contributed by atoms with Crippen LogP contribution in [0.25, 0.3) is 0 Å². The highest BCUT2D eigenvalue weighted by Crippen LogP contribution is 2.33. The molecule has 9 amide bonds. The van der Waals surface area contributed by atoms with E-state index < -0.39 is 70.7 Å². The van der Waals surface area contributed by atoms with Crippen molar-refractivity contribution in [1.82, 2.24) is 57.1 Å². The van der Waals surface area contributed by atoms with Gasteiger partial charge in [-0.2, -0.15) is 0 Å². The number of nitrogens with two attached hydrogens (primary N) is 1. The summed E-state index contributed by atoms with van der Waals surface area (Å²) in [6.07, 6.45) is 13.4. The molecule has 8 heterocycles. The summed E-state index contributed by atoms with van der Waals surface area (Å²) in [7, 11) is 12.4. The number of aryl methyl sites for hydroxylation is 8. The third-order valence-electron chi connectivity index (χ3n) is 13.3. The van der Waals surface area contributed by atoms with Gasteiger partial charge in [0.2, 0.25) is 11.7 Å². The van der Waals surface area contributed by atoms with Crippen molar-refractivity contribution < 1.29 is 58.5 Å². The van der Waals surface area contributed by atoms with Gasteiger partial charge in [0.25, 0.3) is 47.3 Å². The molecule has 32 heteroatoms. The van der Waals surface area contributed by atoms with Crippen LogP contribution >= 0.6 is 0 Å². The average molecular weight is 1170 g/mol. The van der Waals surface area contributed by atoms with E-state index in [0.29, 0.717) is 12.1 Å². The average Bonchev–Trinajstić information content (AvgIpc) is 3.42. The fourth-order valence-electron chi connectivity index (χ4n) is 8.98. The zero-order valence-electron chi connectivity index (χ0n) is 47.2. The first-order valence-electron chi connectivity index (χ1n) is 25.9. The molecule has 8 aromatic heterocycles. The molecular weight excluding hydrogens is 1110 g/mol. The van der Waals surface area contributed by atoms with E-state index in [9.17, 15) is 53.4 Å². The number of carbonyl (C=O) groups excluding carboxylic acids is 9. The van der Waals surface area contributed by atoms with Gasteiger partial charge in [0.1, 0.15) is 34.2 Å². The quantitative estimate of drug-likeness (QED) is 0.0426. The largest absolute Gasteiger partial charge is 0.504 e. The molecule has 1 atom stereocenters. The van der Waals surface area contributed by atoms with Crippen LogP contribution in [0.2, 0.25) is 0 Å². The number of amides is 9. The zero-order chi connectivity index (χ0) is 61.7. The number of anilines is 7. The molecule has 0 saturated heterocycles.